The van der Waals surface area contributed by atoms with Crippen molar-refractivity contribution in [3.63, 3.8) is 0 Å². The summed E-state index contributed by atoms with van der Waals surface area (Å²) >= 11 is 5.79. The van der Waals surface area contributed by atoms with Crippen LogP contribution in [0.3, 0.4) is 0 Å². The van der Waals surface area contributed by atoms with Crippen LogP contribution in [-0.2, 0) is 4.84 Å². The molecule has 1 aromatic rings. The van der Waals surface area contributed by atoms with Gasteiger partial charge in [0.15, 0.2) is 0 Å². The molecule has 0 amide bonds. The summed E-state index contributed by atoms with van der Waals surface area (Å²) in [4.78, 5) is 16.5. The molecule has 0 atom stereocenters. The van der Waals surface area contributed by atoms with E-state index in [1.165, 1.54) is 0 Å². The van der Waals surface area contributed by atoms with Crippen molar-refractivity contribution in [3.8, 4) is 0 Å². The van der Waals surface area contributed by atoms with Crippen LogP contribution < -0.4 is 0 Å². The normalized spacial score (nSPS) is 11.5. The first-order valence-electron chi connectivity index (χ1n) is 4.64. The lowest BCUT2D eigenvalue weighted by Gasteiger charge is -2.26. The third-order valence-electron chi connectivity index (χ3n) is 1.70. The van der Waals surface area contributed by atoms with Gasteiger partial charge in [0.2, 0.25) is 0 Å². The molecule has 3 nitrogen and oxygen atoms in total. The van der Waals surface area contributed by atoms with Crippen LogP contribution in [0, 0.1) is 0 Å². The second kappa shape index (κ2) is 4.64. The summed E-state index contributed by atoms with van der Waals surface area (Å²) in [5, 5.41) is 0. The Morgan fingerprint density at radius 3 is 2.27 bits per heavy atom. The molecule has 0 aromatic heterocycles. The number of hydroxylamine groups is 1. The van der Waals surface area contributed by atoms with E-state index in [1.54, 1.807) is 24.3 Å². The SMILES string of the molecule is CC(C)(C)N(Cl)OC(=O)c1ccccc1. The first-order chi connectivity index (χ1) is 6.91. The largest absolute Gasteiger partial charge is 0.358 e. The number of carbonyl (C=O) groups excluding carboxylic acids is 1. The predicted octanol–water partition coefficient (Wildman–Crippen LogP) is 3.01. The number of hydrogen-bond donors (Lipinski definition) is 0. The second-order valence-corrected chi connectivity index (χ2v) is 4.47. The number of halogens is 1. The molecule has 0 heterocycles. The Balaban J connectivity index is 2.65. The molecular formula is C11H14ClNO2. The van der Waals surface area contributed by atoms with E-state index in [0.717, 1.165) is 4.58 Å². The van der Waals surface area contributed by atoms with Crippen molar-refractivity contribution < 1.29 is 9.63 Å². The van der Waals surface area contributed by atoms with Crippen molar-refractivity contribution in [2.45, 2.75) is 26.3 Å². The molecule has 0 aliphatic rings. The molecule has 0 saturated carbocycles. The van der Waals surface area contributed by atoms with E-state index >= 15 is 0 Å². The lowest BCUT2D eigenvalue weighted by atomic mass is 10.1. The maximum atomic E-state index is 11.6. The molecular weight excluding hydrogens is 214 g/mol. The molecule has 0 unspecified atom stereocenters. The van der Waals surface area contributed by atoms with Crippen LogP contribution in [-0.4, -0.2) is 16.1 Å². The summed E-state index contributed by atoms with van der Waals surface area (Å²) in [7, 11) is 0. The van der Waals surface area contributed by atoms with Crippen molar-refractivity contribution in [2.75, 3.05) is 0 Å². The van der Waals surface area contributed by atoms with Crippen LogP contribution in [0.15, 0.2) is 30.3 Å². The summed E-state index contributed by atoms with van der Waals surface area (Å²) in [5.74, 6) is -0.458. The third kappa shape index (κ3) is 3.53. The molecule has 15 heavy (non-hydrogen) atoms. The smallest absolute Gasteiger partial charge is 0.347 e. The molecule has 1 aromatic carbocycles. The van der Waals surface area contributed by atoms with Gasteiger partial charge >= 0.3 is 5.97 Å². The highest BCUT2D eigenvalue weighted by molar-refractivity contribution is 6.13. The molecule has 0 N–H and O–H groups in total. The Morgan fingerprint density at radius 2 is 1.80 bits per heavy atom. The minimum atomic E-state index is -0.458. The Hall–Kier alpha value is -1.06. The second-order valence-electron chi connectivity index (χ2n) is 4.16. The van der Waals surface area contributed by atoms with Gasteiger partial charge in [-0.3, -0.25) is 0 Å². The molecule has 0 bridgehead atoms. The fourth-order valence-corrected chi connectivity index (χ4v) is 0.899. The number of carbonyl (C=O) groups is 1. The summed E-state index contributed by atoms with van der Waals surface area (Å²) in [6, 6.07) is 8.73. The molecule has 1 rings (SSSR count). The molecule has 0 aliphatic heterocycles. The van der Waals surface area contributed by atoms with E-state index < -0.39 is 11.5 Å². The van der Waals surface area contributed by atoms with E-state index in [1.807, 2.05) is 26.8 Å². The number of benzene rings is 1. The highest BCUT2D eigenvalue weighted by Crippen LogP contribution is 2.17. The molecule has 0 radical (unpaired) electrons. The van der Waals surface area contributed by atoms with Gasteiger partial charge in [-0.05, 0) is 37.5 Å². The molecule has 4 heteroatoms. The van der Waals surface area contributed by atoms with Gasteiger partial charge < -0.3 is 4.84 Å². The maximum Gasteiger partial charge on any atom is 0.358 e. The van der Waals surface area contributed by atoms with E-state index in [2.05, 4.69) is 0 Å². The quantitative estimate of drug-likeness (QED) is 0.575. The lowest BCUT2D eigenvalue weighted by Crippen LogP contribution is -2.35. The molecule has 0 aliphatic carbocycles. The molecule has 82 valence electrons. The van der Waals surface area contributed by atoms with Crippen LogP contribution in [0.5, 0.6) is 0 Å². The fraction of sp³-hybridized carbons (Fsp3) is 0.364. The van der Waals surface area contributed by atoms with Gasteiger partial charge in [0, 0.05) is 11.8 Å². The van der Waals surface area contributed by atoms with E-state index in [4.69, 9.17) is 16.6 Å². The molecule has 0 saturated heterocycles. The monoisotopic (exact) mass is 227 g/mol. The van der Waals surface area contributed by atoms with Crippen LogP contribution in [0.1, 0.15) is 31.1 Å². The van der Waals surface area contributed by atoms with E-state index in [-0.39, 0.29) is 0 Å². The summed E-state index contributed by atoms with van der Waals surface area (Å²) in [5.41, 5.74) is 0.0545. The van der Waals surface area contributed by atoms with Gasteiger partial charge in [0.05, 0.1) is 11.1 Å². The minimum absolute atomic E-state index is 0.425. The van der Waals surface area contributed by atoms with Crippen molar-refractivity contribution in [2.24, 2.45) is 0 Å². The highest BCUT2D eigenvalue weighted by Gasteiger charge is 2.24. The van der Waals surface area contributed by atoms with E-state index in [9.17, 15) is 4.79 Å². The van der Waals surface area contributed by atoms with Crippen molar-refractivity contribution >= 4 is 17.7 Å². The predicted molar refractivity (Wildman–Crippen MR) is 59.3 cm³/mol. The van der Waals surface area contributed by atoms with Gasteiger partial charge in [0.1, 0.15) is 0 Å². The van der Waals surface area contributed by atoms with Gasteiger partial charge in [-0.15, -0.1) is 0 Å². The minimum Gasteiger partial charge on any atom is -0.347 e. The van der Waals surface area contributed by atoms with Crippen molar-refractivity contribution in [1.82, 2.24) is 4.58 Å². The van der Waals surface area contributed by atoms with Crippen LogP contribution >= 0.6 is 11.8 Å². The highest BCUT2D eigenvalue weighted by atomic mass is 35.5. The Morgan fingerprint density at radius 1 is 1.27 bits per heavy atom. The number of nitrogens with zero attached hydrogens (tertiary/aromatic N) is 1. The Kier molecular flexibility index (Phi) is 3.72. The molecule has 0 spiro atoms. The van der Waals surface area contributed by atoms with Gasteiger partial charge in [-0.25, -0.2) is 4.79 Å². The maximum absolute atomic E-state index is 11.6. The average Bonchev–Trinajstić information content (AvgIpc) is 2.17. The van der Waals surface area contributed by atoms with Crippen LogP contribution in [0.2, 0.25) is 0 Å². The van der Waals surface area contributed by atoms with Crippen molar-refractivity contribution in [3.05, 3.63) is 35.9 Å². The first kappa shape index (κ1) is 12.0. The Labute approximate surface area is 94.7 Å². The van der Waals surface area contributed by atoms with Crippen LogP contribution in [0.25, 0.3) is 0 Å². The van der Waals surface area contributed by atoms with Gasteiger partial charge in [0.25, 0.3) is 0 Å². The summed E-state index contributed by atoms with van der Waals surface area (Å²) in [6.07, 6.45) is 0. The third-order valence-corrected chi connectivity index (χ3v) is 2.28. The average molecular weight is 228 g/mol. The Bertz CT molecular complexity index is 332. The van der Waals surface area contributed by atoms with Crippen LogP contribution in [0.4, 0.5) is 0 Å². The van der Waals surface area contributed by atoms with Gasteiger partial charge in [-0.1, -0.05) is 18.2 Å². The zero-order valence-corrected chi connectivity index (χ0v) is 9.78. The van der Waals surface area contributed by atoms with Crippen molar-refractivity contribution in [1.29, 1.82) is 0 Å². The zero-order valence-electron chi connectivity index (χ0n) is 9.03. The summed E-state index contributed by atoms with van der Waals surface area (Å²) in [6.45, 7) is 5.54. The number of rotatable bonds is 2. The summed E-state index contributed by atoms with van der Waals surface area (Å²) < 4.78 is 1.03. The zero-order chi connectivity index (χ0) is 11.5. The first-order valence-corrected chi connectivity index (χ1v) is 4.98. The van der Waals surface area contributed by atoms with E-state index in [0.29, 0.717) is 5.56 Å². The topological polar surface area (TPSA) is 29.5 Å². The molecule has 0 fully saturated rings. The lowest BCUT2D eigenvalue weighted by molar-refractivity contribution is -0.0899. The fourth-order valence-electron chi connectivity index (χ4n) is 0.837. The van der Waals surface area contributed by atoms with Gasteiger partial charge in [-0.2, -0.15) is 0 Å². The standard InChI is InChI=1S/C11H14ClNO2/c1-11(2,3)13(12)15-10(14)9-7-5-4-6-8-9/h4-8H,1-3H3. The number of hydrogen-bond acceptors (Lipinski definition) is 3.